The largest absolute Gasteiger partial charge is 0.310 e. The van der Waals surface area contributed by atoms with E-state index in [0.29, 0.717) is 28.3 Å². The molecule has 0 fully saturated rings. The maximum absolute atomic E-state index is 11.8. The van der Waals surface area contributed by atoms with E-state index in [-0.39, 0.29) is 5.56 Å². The van der Waals surface area contributed by atoms with Gasteiger partial charge >= 0.3 is 0 Å². The molecule has 1 aromatic heterocycles. The zero-order valence-corrected chi connectivity index (χ0v) is 11.0. The van der Waals surface area contributed by atoms with Crippen molar-refractivity contribution in [3.05, 3.63) is 39.4 Å². The molecule has 0 saturated heterocycles. The summed E-state index contributed by atoms with van der Waals surface area (Å²) >= 11 is 5.90. The van der Waals surface area contributed by atoms with Crippen LogP contribution in [0.4, 0.5) is 0 Å². The molecule has 2 rings (SSSR count). The van der Waals surface area contributed by atoms with Crippen molar-refractivity contribution in [2.45, 2.75) is 26.3 Å². The molecule has 0 amide bonds. The van der Waals surface area contributed by atoms with Gasteiger partial charge in [-0.15, -0.1) is 0 Å². The van der Waals surface area contributed by atoms with Crippen LogP contribution in [0.25, 0.3) is 10.9 Å². The minimum absolute atomic E-state index is 0.121. The fraction of sp³-hybridized carbons (Fsp3) is 0.385. The van der Waals surface area contributed by atoms with Crippen LogP contribution >= 0.6 is 11.6 Å². The Morgan fingerprint density at radius 2 is 2.28 bits per heavy atom. The third kappa shape index (κ3) is 3.09. The number of fused-ring (bicyclic) bond motifs is 1. The molecule has 96 valence electrons. The van der Waals surface area contributed by atoms with Crippen molar-refractivity contribution in [3.8, 4) is 0 Å². The molecular weight excluding hydrogens is 250 g/mol. The van der Waals surface area contributed by atoms with Gasteiger partial charge in [-0.1, -0.05) is 24.9 Å². The number of hydrogen-bond donors (Lipinski definition) is 2. The van der Waals surface area contributed by atoms with Gasteiger partial charge in [0.05, 0.1) is 17.4 Å². The molecule has 0 aliphatic heterocycles. The second-order valence-corrected chi connectivity index (χ2v) is 4.64. The number of halogens is 1. The molecule has 0 spiro atoms. The van der Waals surface area contributed by atoms with E-state index >= 15 is 0 Å². The number of H-pyrrole nitrogens is 1. The first kappa shape index (κ1) is 13.1. The molecule has 5 heteroatoms. The lowest BCUT2D eigenvalue weighted by atomic mass is 10.2. The summed E-state index contributed by atoms with van der Waals surface area (Å²) in [5.41, 5.74) is 0.516. The highest BCUT2D eigenvalue weighted by molar-refractivity contribution is 6.31. The maximum Gasteiger partial charge on any atom is 0.258 e. The smallest absolute Gasteiger partial charge is 0.258 e. The molecule has 0 aliphatic carbocycles. The number of aromatic amines is 1. The van der Waals surface area contributed by atoms with Crippen LogP contribution in [0.5, 0.6) is 0 Å². The van der Waals surface area contributed by atoms with Gasteiger partial charge in [0.15, 0.2) is 0 Å². The van der Waals surface area contributed by atoms with Crippen LogP contribution in [-0.2, 0) is 6.54 Å². The van der Waals surface area contributed by atoms with Gasteiger partial charge in [-0.2, -0.15) is 0 Å². The number of hydrogen-bond acceptors (Lipinski definition) is 3. The van der Waals surface area contributed by atoms with E-state index in [0.717, 1.165) is 19.4 Å². The molecule has 1 aromatic carbocycles. The van der Waals surface area contributed by atoms with Gasteiger partial charge in [0.1, 0.15) is 5.82 Å². The summed E-state index contributed by atoms with van der Waals surface area (Å²) < 4.78 is 0. The van der Waals surface area contributed by atoms with E-state index in [4.69, 9.17) is 11.6 Å². The molecule has 2 N–H and O–H groups in total. The van der Waals surface area contributed by atoms with E-state index in [1.165, 1.54) is 0 Å². The number of nitrogens with one attached hydrogen (secondary N) is 2. The van der Waals surface area contributed by atoms with Crippen LogP contribution < -0.4 is 10.9 Å². The Bertz CT molecular complexity index is 594. The SMILES string of the molecule is CCCCNCc1nc2cc(Cl)ccc2c(=O)[nH]1. The first-order valence-corrected chi connectivity index (χ1v) is 6.47. The third-order valence-electron chi connectivity index (χ3n) is 2.72. The summed E-state index contributed by atoms with van der Waals surface area (Å²) in [6.07, 6.45) is 2.26. The minimum atomic E-state index is -0.121. The fourth-order valence-electron chi connectivity index (χ4n) is 1.75. The molecule has 0 unspecified atom stereocenters. The molecule has 0 atom stereocenters. The van der Waals surface area contributed by atoms with Crippen LogP contribution in [0, 0.1) is 0 Å². The predicted octanol–water partition coefficient (Wildman–Crippen LogP) is 2.47. The van der Waals surface area contributed by atoms with Crippen molar-refractivity contribution in [1.29, 1.82) is 0 Å². The van der Waals surface area contributed by atoms with E-state index in [1.54, 1.807) is 18.2 Å². The van der Waals surface area contributed by atoms with E-state index in [1.807, 2.05) is 0 Å². The van der Waals surface area contributed by atoms with Crippen LogP contribution in [0.15, 0.2) is 23.0 Å². The monoisotopic (exact) mass is 265 g/mol. The molecule has 1 heterocycles. The van der Waals surface area contributed by atoms with Crippen molar-refractivity contribution >= 4 is 22.5 Å². The highest BCUT2D eigenvalue weighted by atomic mass is 35.5. The first-order chi connectivity index (χ1) is 8.70. The van der Waals surface area contributed by atoms with E-state index < -0.39 is 0 Å². The zero-order valence-electron chi connectivity index (χ0n) is 10.3. The number of benzene rings is 1. The molecular formula is C13H16ClN3O. The lowest BCUT2D eigenvalue weighted by Gasteiger charge is -2.05. The van der Waals surface area contributed by atoms with Gasteiger partial charge in [-0.3, -0.25) is 4.79 Å². The van der Waals surface area contributed by atoms with Crippen LogP contribution in [0.3, 0.4) is 0 Å². The summed E-state index contributed by atoms with van der Waals surface area (Å²) in [6.45, 7) is 3.63. The lowest BCUT2D eigenvalue weighted by molar-refractivity contribution is 0.623. The zero-order chi connectivity index (χ0) is 13.0. The maximum atomic E-state index is 11.8. The Morgan fingerprint density at radius 1 is 1.44 bits per heavy atom. The Hall–Kier alpha value is -1.39. The van der Waals surface area contributed by atoms with Gasteiger partial charge in [0.2, 0.25) is 0 Å². The Balaban J connectivity index is 2.22. The summed E-state index contributed by atoms with van der Waals surface area (Å²) in [5, 5.41) is 4.40. The molecule has 0 radical (unpaired) electrons. The molecule has 4 nitrogen and oxygen atoms in total. The van der Waals surface area contributed by atoms with Crippen LogP contribution in [0.1, 0.15) is 25.6 Å². The molecule has 2 aromatic rings. The van der Waals surface area contributed by atoms with Gasteiger partial charge in [0.25, 0.3) is 5.56 Å². The normalized spacial score (nSPS) is 11.0. The second kappa shape index (κ2) is 5.98. The quantitative estimate of drug-likeness (QED) is 0.817. The highest BCUT2D eigenvalue weighted by Gasteiger charge is 2.04. The summed E-state index contributed by atoms with van der Waals surface area (Å²) in [6, 6.07) is 5.10. The molecule has 0 aliphatic rings. The van der Waals surface area contributed by atoms with Gasteiger partial charge < -0.3 is 10.3 Å². The van der Waals surface area contributed by atoms with Crippen molar-refractivity contribution < 1.29 is 0 Å². The molecule has 0 bridgehead atoms. The van der Waals surface area contributed by atoms with Crippen LogP contribution in [0.2, 0.25) is 5.02 Å². The highest BCUT2D eigenvalue weighted by Crippen LogP contribution is 2.14. The molecule has 0 saturated carbocycles. The summed E-state index contributed by atoms with van der Waals surface area (Å²) in [4.78, 5) is 19.0. The lowest BCUT2D eigenvalue weighted by Crippen LogP contribution is -2.20. The number of unbranched alkanes of at least 4 members (excludes halogenated alkanes) is 1. The topological polar surface area (TPSA) is 57.8 Å². The first-order valence-electron chi connectivity index (χ1n) is 6.10. The van der Waals surface area contributed by atoms with E-state index in [2.05, 4.69) is 22.2 Å². The van der Waals surface area contributed by atoms with Crippen molar-refractivity contribution in [3.63, 3.8) is 0 Å². The van der Waals surface area contributed by atoms with Gasteiger partial charge in [0, 0.05) is 5.02 Å². The third-order valence-corrected chi connectivity index (χ3v) is 2.95. The second-order valence-electron chi connectivity index (χ2n) is 4.20. The van der Waals surface area contributed by atoms with Crippen molar-refractivity contribution in [2.75, 3.05) is 6.54 Å². The standard InChI is InChI=1S/C13H16ClN3O/c1-2-3-6-15-8-12-16-11-7-9(14)4-5-10(11)13(18)17-12/h4-5,7,15H,2-3,6,8H2,1H3,(H,16,17,18). The predicted molar refractivity (Wildman–Crippen MR) is 74.0 cm³/mol. The van der Waals surface area contributed by atoms with Gasteiger partial charge in [-0.25, -0.2) is 4.98 Å². The van der Waals surface area contributed by atoms with Gasteiger partial charge in [-0.05, 0) is 31.2 Å². The van der Waals surface area contributed by atoms with Crippen LogP contribution in [-0.4, -0.2) is 16.5 Å². The summed E-state index contributed by atoms with van der Waals surface area (Å²) in [7, 11) is 0. The van der Waals surface area contributed by atoms with E-state index in [9.17, 15) is 4.79 Å². The fourth-order valence-corrected chi connectivity index (χ4v) is 1.92. The minimum Gasteiger partial charge on any atom is -0.310 e. The Kier molecular flexibility index (Phi) is 4.33. The number of aromatic nitrogens is 2. The van der Waals surface area contributed by atoms with Crippen molar-refractivity contribution in [1.82, 2.24) is 15.3 Å². The number of nitrogens with zero attached hydrogens (tertiary/aromatic N) is 1. The average molecular weight is 266 g/mol. The molecule has 18 heavy (non-hydrogen) atoms. The van der Waals surface area contributed by atoms with Crippen molar-refractivity contribution in [2.24, 2.45) is 0 Å². The summed E-state index contributed by atoms with van der Waals surface area (Å²) in [5.74, 6) is 0.644. The average Bonchev–Trinajstić information content (AvgIpc) is 2.34. The number of rotatable bonds is 5. The Morgan fingerprint density at radius 3 is 3.06 bits per heavy atom. The Labute approximate surface area is 110 Å².